The molecular weight excluding hydrogens is 404 g/mol. The van der Waals surface area contributed by atoms with Gasteiger partial charge in [-0.15, -0.1) is 0 Å². The number of carbonyl (C=O) groups is 1. The number of aromatic nitrogens is 1. The first kappa shape index (κ1) is 21.1. The van der Waals surface area contributed by atoms with Crippen LogP contribution in [0.2, 0.25) is 0 Å². The van der Waals surface area contributed by atoms with Gasteiger partial charge < -0.3 is 4.74 Å². The molecule has 0 saturated carbocycles. The topological polar surface area (TPSA) is 42.4 Å². The number of benzene rings is 3. The molecule has 31 heavy (non-hydrogen) atoms. The fourth-order valence-electron chi connectivity index (χ4n) is 3.71. The van der Waals surface area contributed by atoms with Crippen LogP contribution in [-0.4, -0.2) is 18.0 Å². The number of ether oxygens (including phenoxy) is 1. The lowest BCUT2D eigenvalue weighted by molar-refractivity contribution is -0.118. The number of thiazole rings is 1. The van der Waals surface area contributed by atoms with Crippen molar-refractivity contribution in [2.24, 2.45) is 0 Å². The van der Waals surface area contributed by atoms with Crippen LogP contribution in [0.5, 0.6) is 5.75 Å². The van der Waals surface area contributed by atoms with Crippen LogP contribution in [0.3, 0.4) is 0 Å². The number of nitrogens with zero attached hydrogens (tertiary/aromatic N) is 2. The number of carbonyl (C=O) groups excluding carboxylic acids is 1. The lowest BCUT2D eigenvalue weighted by atomic mass is 10.0. The molecule has 4 aromatic rings. The standard InChI is InChI=1S/C26H26N2O2S/c1-17-10-12-21(19(3)14-17)15-23(29)28(16-20-8-6-5-7-9-20)26-27-24-22(30-4)13-11-18(2)25(24)31-26/h5-14H,15-16H2,1-4H3. The lowest BCUT2D eigenvalue weighted by Gasteiger charge is -2.21. The van der Waals surface area contributed by atoms with Gasteiger partial charge in [0.05, 0.1) is 24.8 Å². The molecule has 4 nitrogen and oxygen atoms in total. The van der Waals surface area contributed by atoms with E-state index in [-0.39, 0.29) is 5.91 Å². The smallest absolute Gasteiger partial charge is 0.233 e. The second kappa shape index (κ2) is 8.90. The molecule has 0 N–H and O–H groups in total. The van der Waals surface area contributed by atoms with Gasteiger partial charge in [-0.2, -0.15) is 0 Å². The van der Waals surface area contributed by atoms with Crippen LogP contribution in [-0.2, 0) is 17.8 Å². The van der Waals surface area contributed by atoms with Crippen molar-refractivity contribution in [1.82, 2.24) is 4.98 Å². The summed E-state index contributed by atoms with van der Waals surface area (Å²) in [6.07, 6.45) is 0.338. The first-order chi connectivity index (χ1) is 15.0. The Morgan fingerprint density at radius 1 is 1.00 bits per heavy atom. The molecule has 0 bridgehead atoms. The Morgan fingerprint density at radius 2 is 1.77 bits per heavy atom. The van der Waals surface area contributed by atoms with Gasteiger partial charge in [-0.1, -0.05) is 71.5 Å². The van der Waals surface area contributed by atoms with Gasteiger partial charge in [0.25, 0.3) is 0 Å². The van der Waals surface area contributed by atoms with E-state index in [2.05, 4.69) is 39.0 Å². The third-order valence-corrected chi connectivity index (χ3v) is 6.68. The van der Waals surface area contributed by atoms with Crippen molar-refractivity contribution in [3.8, 4) is 5.75 Å². The van der Waals surface area contributed by atoms with E-state index in [1.54, 1.807) is 23.3 Å². The average molecular weight is 431 g/mol. The Hall–Kier alpha value is -3.18. The van der Waals surface area contributed by atoms with E-state index in [9.17, 15) is 4.79 Å². The molecule has 158 valence electrons. The number of hydrogen-bond acceptors (Lipinski definition) is 4. The Labute approximate surface area is 187 Å². The average Bonchev–Trinajstić information content (AvgIpc) is 3.21. The summed E-state index contributed by atoms with van der Waals surface area (Å²) in [4.78, 5) is 20.2. The highest BCUT2D eigenvalue weighted by atomic mass is 32.1. The molecule has 3 aromatic carbocycles. The Kier molecular flexibility index (Phi) is 6.05. The maximum atomic E-state index is 13.5. The van der Waals surface area contributed by atoms with Gasteiger partial charge in [0.1, 0.15) is 11.3 Å². The molecule has 5 heteroatoms. The summed E-state index contributed by atoms with van der Waals surface area (Å²) in [6.45, 7) is 6.66. The highest BCUT2D eigenvalue weighted by Crippen LogP contribution is 2.37. The summed E-state index contributed by atoms with van der Waals surface area (Å²) in [5, 5.41) is 0.696. The lowest BCUT2D eigenvalue weighted by Crippen LogP contribution is -2.31. The van der Waals surface area contributed by atoms with Crippen LogP contribution in [0.15, 0.2) is 60.7 Å². The summed E-state index contributed by atoms with van der Waals surface area (Å²) in [5.41, 5.74) is 6.38. The molecule has 0 fully saturated rings. The van der Waals surface area contributed by atoms with Gasteiger partial charge in [0.15, 0.2) is 5.13 Å². The highest BCUT2D eigenvalue weighted by Gasteiger charge is 2.22. The van der Waals surface area contributed by atoms with Gasteiger partial charge in [0, 0.05) is 0 Å². The Bertz CT molecular complexity index is 1230. The molecule has 1 amide bonds. The molecule has 0 aliphatic rings. The molecule has 0 atom stereocenters. The minimum absolute atomic E-state index is 0.0338. The molecule has 0 unspecified atom stereocenters. The maximum absolute atomic E-state index is 13.5. The molecule has 1 heterocycles. The molecule has 0 spiro atoms. The first-order valence-corrected chi connectivity index (χ1v) is 11.1. The number of amides is 1. The summed E-state index contributed by atoms with van der Waals surface area (Å²) in [6, 6.07) is 20.2. The Balaban J connectivity index is 1.74. The van der Waals surface area contributed by atoms with Crippen LogP contribution >= 0.6 is 11.3 Å². The van der Waals surface area contributed by atoms with E-state index < -0.39 is 0 Å². The SMILES string of the molecule is COc1ccc(C)c2sc(N(Cc3ccccc3)C(=O)Cc3ccc(C)cc3C)nc12. The summed E-state index contributed by atoms with van der Waals surface area (Å²) in [7, 11) is 1.65. The fourth-order valence-corrected chi connectivity index (χ4v) is 4.78. The van der Waals surface area contributed by atoms with E-state index in [0.717, 1.165) is 38.2 Å². The van der Waals surface area contributed by atoms with Gasteiger partial charge >= 0.3 is 0 Å². The second-order valence-electron chi connectivity index (χ2n) is 7.83. The minimum atomic E-state index is 0.0338. The predicted octanol–water partition coefficient (Wildman–Crippen LogP) is 6.01. The van der Waals surface area contributed by atoms with Crippen LogP contribution < -0.4 is 9.64 Å². The van der Waals surface area contributed by atoms with Crippen molar-refractivity contribution in [3.63, 3.8) is 0 Å². The number of aryl methyl sites for hydroxylation is 3. The number of anilines is 1. The number of fused-ring (bicyclic) bond motifs is 1. The second-order valence-corrected chi connectivity index (χ2v) is 8.81. The third-order valence-electron chi connectivity index (χ3n) is 5.47. The van der Waals surface area contributed by atoms with Gasteiger partial charge in [0.2, 0.25) is 5.91 Å². The normalized spacial score (nSPS) is 11.0. The predicted molar refractivity (Wildman–Crippen MR) is 128 cm³/mol. The van der Waals surface area contributed by atoms with Crippen LogP contribution in [0, 0.1) is 20.8 Å². The van der Waals surface area contributed by atoms with Crippen molar-refractivity contribution in [1.29, 1.82) is 0 Å². The molecular formula is C26H26N2O2S. The number of methoxy groups -OCH3 is 1. The van der Waals surface area contributed by atoms with E-state index in [1.807, 2.05) is 42.5 Å². The van der Waals surface area contributed by atoms with Gasteiger partial charge in [-0.3, -0.25) is 9.69 Å². The van der Waals surface area contributed by atoms with E-state index >= 15 is 0 Å². The third kappa shape index (κ3) is 4.47. The van der Waals surface area contributed by atoms with Crippen LogP contribution in [0.4, 0.5) is 5.13 Å². The highest BCUT2D eigenvalue weighted by molar-refractivity contribution is 7.22. The zero-order valence-corrected chi connectivity index (χ0v) is 19.1. The minimum Gasteiger partial charge on any atom is -0.494 e. The van der Waals surface area contributed by atoms with E-state index in [4.69, 9.17) is 9.72 Å². The van der Waals surface area contributed by atoms with Crippen LogP contribution in [0.25, 0.3) is 10.2 Å². The number of rotatable bonds is 6. The molecule has 4 rings (SSSR count). The van der Waals surface area contributed by atoms with Gasteiger partial charge in [-0.25, -0.2) is 4.98 Å². The quantitative estimate of drug-likeness (QED) is 0.376. The fraction of sp³-hybridized carbons (Fsp3) is 0.231. The van der Waals surface area contributed by atoms with Crippen molar-refractivity contribution in [2.45, 2.75) is 33.7 Å². The maximum Gasteiger partial charge on any atom is 0.233 e. The molecule has 0 radical (unpaired) electrons. The van der Waals surface area contributed by atoms with E-state index in [0.29, 0.717) is 18.1 Å². The molecule has 0 aliphatic heterocycles. The van der Waals surface area contributed by atoms with Gasteiger partial charge in [-0.05, 0) is 49.1 Å². The zero-order chi connectivity index (χ0) is 22.0. The Morgan fingerprint density at radius 3 is 2.48 bits per heavy atom. The first-order valence-electron chi connectivity index (χ1n) is 10.3. The van der Waals surface area contributed by atoms with Crippen LogP contribution in [0.1, 0.15) is 27.8 Å². The summed E-state index contributed by atoms with van der Waals surface area (Å²) < 4.78 is 6.57. The van der Waals surface area contributed by atoms with E-state index in [1.165, 1.54) is 5.56 Å². The van der Waals surface area contributed by atoms with Crippen molar-refractivity contribution >= 4 is 32.6 Å². The van der Waals surface area contributed by atoms with Crippen molar-refractivity contribution < 1.29 is 9.53 Å². The molecule has 1 aromatic heterocycles. The summed E-state index contributed by atoms with van der Waals surface area (Å²) in [5.74, 6) is 0.760. The number of hydrogen-bond donors (Lipinski definition) is 0. The largest absolute Gasteiger partial charge is 0.494 e. The zero-order valence-electron chi connectivity index (χ0n) is 18.3. The van der Waals surface area contributed by atoms with Crippen molar-refractivity contribution in [3.05, 3.63) is 88.5 Å². The summed E-state index contributed by atoms with van der Waals surface area (Å²) >= 11 is 1.54. The molecule has 0 aliphatic carbocycles. The monoisotopic (exact) mass is 430 g/mol. The van der Waals surface area contributed by atoms with Crippen molar-refractivity contribution in [2.75, 3.05) is 12.0 Å². The molecule has 0 saturated heterocycles.